The summed E-state index contributed by atoms with van der Waals surface area (Å²) < 4.78 is 5.56. The van der Waals surface area contributed by atoms with Gasteiger partial charge in [0.25, 0.3) is 0 Å². The van der Waals surface area contributed by atoms with Crippen molar-refractivity contribution >= 4 is 29.2 Å². The van der Waals surface area contributed by atoms with Crippen LogP contribution in [0, 0.1) is 0 Å². The molecule has 1 saturated carbocycles. The van der Waals surface area contributed by atoms with Crippen molar-refractivity contribution in [2.24, 2.45) is 0 Å². The molecule has 1 saturated heterocycles. The zero-order valence-corrected chi connectivity index (χ0v) is 22.6. The third-order valence-corrected chi connectivity index (χ3v) is 9.05. The number of pyridine rings is 1. The molecule has 1 atom stereocenters. The van der Waals surface area contributed by atoms with E-state index in [0.717, 1.165) is 85.5 Å². The zero-order valence-electron chi connectivity index (χ0n) is 22.6. The van der Waals surface area contributed by atoms with Crippen LogP contribution >= 0.6 is 0 Å². The van der Waals surface area contributed by atoms with Crippen molar-refractivity contribution in [1.29, 1.82) is 0 Å². The molecular weight excluding hydrogens is 500 g/mol. The average molecular weight is 535 g/mol. The smallest absolute Gasteiger partial charge is 0.150 e. The van der Waals surface area contributed by atoms with Gasteiger partial charge in [0.1, 0.15) is 24.1 Å². The van der Waals surface area contributed by atoms with Gasteiger partial charge in [0, 0.05) is 54.2 Å². The van der Waals surface area contributed by atoms with E-state index >= 15 is 0 Å². The molecule has 204 valence electrons. The first-order valence-corrected chi connectivity index (χ1v) is 14.3. The van der Waals surface area contributed by atoms with E-state index in [2.05, 4.69) is 55.5 Å². The molecule has 2 fully saturated rings. The molecule has 0 amide bonds. The molecule has 8 heteroatoms. The van der Waals surface area contributed by atoms with Crippen LogP contribution < -0.4 is 5.32 Å². The predicted molar refractivity (Wildman–Crippen MR) is 156 cm³/mol. The number of hydrogen-bond acceptors (Lipinski definition) is 7. The molecule has 0 spiro atoms. The Morgan fingerprint density at radius 1 is 1.02 bits per heavy atom. The number of aldehydes is 1. The Hall–Kier alpha value is -3.88. The quantitative estimate of drug-likeness (QED) is 0.344. The van der Waals surface area contributed by atoms with Crippen molar-refractivity contribution in [3.63, 3.8) is 0 Å². The summed E-state index contributed by atoms with van der Waals surface area (Å²) in [6.45, 7) is 3.80. The summed E-state index contributed by atoms with van der Waals surface area (Å²) in [6.07, 6.45) is 16.0. The Labute approximate surface area is 233 Å². The topological polar surface area (TPSA) is 96.0 Å². The number of ether oxygens (including phenoxy) is 1. The number of nitrogens with one attached hydrogen (secondary N) is 2. The highest BCUT2D eigenvalue weighted by atomic mass is 16.5. The van der Waals surface area contributed by atoms with Crippen molar-refractivity contribution in [3.8, 4) is 0 Å². The number of rotatable bonds is 6. The van der Waals surface area contributed by atoms with Gasteiger partial charge in [-0.05, 0) is 73.1 Å². The molecule has 4 aromatic rings. The number of hydrogen-bond donors (Lipinski definition) is 2. The maximum atomic E-state index is 11.7. The summed E-state index contributed by atoms with van der Waals surface area (Å²) >= 11 is 0. The van der Waals surface area contributed by atoms with Crippen LogP contribution in [0.5, 0.6) is 0 Å². The number of carbonyl (C=O) groups is 1. The van der Waals surface area contributed by atoms with E-state index in [0.29, 0.717) is 17.6 Å². The van der Waals surface area contributed by atoms with Crippen LogP contribution in [-0.4, -0.2) is 69.5 Å². The van der Waals surface area contributed by atoms with Gasteiger partial charge in [0.15, 0.2) is 0 Å². The van der Waals surface area contributed by atoms with Gasteiger partial charge in [-0.3, -0.25) is 14.7 Å². The third kappa shape index (κ3) is 4.51. The molecule has 2 aliphatic carbocycles. The van der Waals surface area contributed by atoms with Gasteiger partial charge in [-0.15, -0.1) is 0 Å². The van der Waals surface area contributed by atoms with Crippen LogP contribution in [0.3, 0.4) is 0 Å². The highest BCUT2D eigenvalue weighted by Gasteiger charge is 2.37. The lowest BCUT2D eigenvalue weighted by Crippen LogP contribution is -2.46. The maximum absolute atomic E-state index is 11.7. The number of fused-ring (bicyclic) bond motifs is 3. The van der Waals surface area contributed by atoms with Gasteiger partial charge in [-0.25, -0.2) is 9.97 Å². The van der Waals surface area contributed by atoms with Crippen molar-refractivity contribution in [2.45, 2.75) is 49.6 Å². The van der Waals surface area contributed by atoms with Gasteiger partial charge in [-0.2, -0.15) is 0 Å². The SMILES string of the molecule is O=Cc1cccc(C2(c3ccncc3)C=Cc3[nH]c4ncnc(NC5CCC(N6CCOCC6)CC5)c4c3C2)c1. The molecule has 2 N–H and O–H groups in total. The maximum Gasteiger partial charge on any atom is 0.150 e. The van der Waals surface area contributed by atoms with E-state index in [9.17, 15) is 4.79 Å². The standard InChI is InChI=1S/C32H34N6O2/c39-20-22-2-1-3-24(18-22)32(23-9-12-33-13-10-23)11-8-28-27(19-32)29-30(34-21-35-31(29)37-28)36-25-4-6-26(7-5-25)38-14-16-40-17-15-38/h1-3,8-13,18,20-21,25-26H,4-7,14-17,19H2,(H2,34,35,36,37). The van der Waals surface area contributed by atoms with E-state index in [4.69, 9.17) is 9.72 Å². The summed E-state index contributed by atoms with van der Waals surface area (Å²) in [5, 5.41) is 4.87. The van der Waals surface area contributed by atoms with Crippen LogP contribution in [-0.2, 0) is 16.6 Å². The summed E-state index contributed by atoms with van der Waals surface area (Å²) in [6, 6.07) is 13.1. The van der Waals surface area contributed by atoms with E-state index in [1.54, 1.807) is 6.33 Å². The zero-order chi connectivity index (χ0) is 26.9. The Bertz CT molecular complexity index is 1540. The minimum atomic E-state index is -0.451. The van der Waals surface area contributed by atoms with E-state index in [-0.39, 0.29) is 0 Å². The van der Waals surface area contributed by atoms with Gasteiger partial charge in [0.2, 0.25) is 0 Å². The molecule has 8 nitrogen and oxygen atoms in total. The van der Waals surface area contributed by atoms with Crippen LogP contribution in [0.1, 0.15) is 58.4 Å². The molecule has 1 aromatic carbocycles. The normalized spacial score (nSPS) is 25.0. The minimum absolute atomic E-state index is 0.384. The van der Waals surface area contributed by atoms with Gasteiger partial charge < -0.3 is 15.0 Å². The van der Waals surface area contributed by atoms with Gasteiger partial charge in [0.05, 0.1) is 18.6 Å². The number of anilines is 1. The molecule has 40 heavy (non-hydrogen) atoms. The van der Waals surface area contributed by atoms with Crippen LogP contribution in [0.4, 0.5) is 5.82 Å². The fourth-order valence-corrected chi connectivity index (χ4v) is 6.93. The van der Waals surface area contributed by atoms with E-state index in [1.165, 1.54) is 18.4 Å². The van der Waals surface area contributed by atoms with Crippen molar-refractivity contribution < 1.29 is 9.53 Å². The van der Waals surface area contributed by atoms with Crippen LogP contribution in [0.2, 0.25) is 0 Å². The molecule has 1 aliphatic heterocycles. The number of aromatic amines is 1. The first-order valence-electron chi connectivity index (χ1n) is 14.3. The second-order valence-electron chi connectivity index (χ2n) is 11.2. The van der Waals surface area contributed by atoms with Crippen molar-refractivity contribution in [3.05, 3.63) is 89.1 Å². The number of nitrogens with zero attached hydrogens (tertiary/aromatic N) is 4. The number of carbonyl (C=O) groups excluding carboxylic acids is 1. The summed E-state index contributed by atoms with van der Waals surface area (Å²) in [5.41, 5.74) is 5.53. The number of H-pyrrole nitrogens is 1. The highest BCUT2D eigenvalue weighted by molar-refractivity contribution is 5.94. The second kappa shape index (κ2) is 10.6. The molecule has 7 rings (SSSR count). The molecule has 3 aliphatic rings. The fourth-order valence-electron chi connectivity index (χ4n) is 6.93. The number of morpholine rings is 1. The molecule has 0 bridgehead atoms. The van der Waals surface area contributed by atoms with E-state index < -0.39 is 5.41 Å². The lowest BCUT2D eigenvalue weighted by atomic mass is 9.68. The van der Waals surface area contributed by atoms with Gasteiger partial charge >= 0.3 is 0 Å². The lowest BCUT2D eigenvalue weighted by Gasteiger charge is -2.39. The monoisotopic (exact) mass is 534 g/mol. The Morgan fingerprint density at radius 2 is 1.85 bits per heavy atom. The Balaban J connectivity index is 1.22. The highest BCUT2D eigenvalue weighted by Crippen LogP contribution is 2.44. The average Bonchev–Trinajstić information content (AvgIpc) is 3.41. The molecule has 0 radical (unpaired) electrons. The number of aromatic nitrogens is 4. The first kappa shape index (κ1) is 25.1. The molecule has 1 unspecified atom stereocenters. The first-order chi connectivity index (χ1) is 19.7. The second-order valence-corrected chi connectivity index (χ2v) is 11.2. The van der Waals surface area contributed by atoms with Crippen LogP contribution in [0.25, 0.3) is 17.1 Å². The van der Waals surface area contributed by atoms with Crippen molar-refractivity contribution in [1.82, 2.24) is 24.8 Å². The minimum Gasteiger partial charge on any atom is -0.379 e. The van der Waals surface area contributed by atoms with Crippen LogP contribution in [0.15, 0.2) is 61.2 Å². The molecule has 4 heterocycles. The molecule has 3 aromatic heterocycles. The Kier molecular flexibility index (Phi) is 6.65. The largest absolute Gasteiger partial charge is 0.379 e. The summed E-state index contributed by atoms with van der Waals surface area (Å²) in [5.74, 6) is 0.901. The van der Waals surface area contributed by atoms with E-state index in [1.807, 2.05) is 30.6 Å². The van der Waals surface area contributed by atoms with Gasteiger partial charge in [-0.1, -0.05) is 24.3 Å². The third-order valence-electron chi connectivity index (χ3n) is 9.05. The lowest BCUT2D eigenvalue weighted by molar-refractivity contribution is 0.00791. The predicted octanol–water partition coefficient (Wildman–Crippen LogP) is 4.78. The Morgan fingerprint density at radius 3 is 2.65 bits per heavy atom. The summed E-state index contributed by atoms with van der Waals surface area (Å²) in [7, 11) is 0. The fraction of sp³-hybridized carbons (Fsp3) is 0.375. The number of allylic oxidation sites excluding steroid dienone is 1. The molecular formula is C32H34N6O2. The summed E-state index contributed by atoms with van der Waals surface area (Å²) in [4.78, 5) is 31.5. The van der Waals surface area contributed by atoms with Crippen molar-refractivity contribution in [2.75, 3.05) is 31.6 Å². The number of benzene rings is 1.